The van der Waals surface area contributed by atoms with Gasteiger partial charge in [-0.05, 0) is 18.2 Å². The smallest absolute Gasteiger partial charge is 0.408 e. The highest BCUT2D eigenvalue weighted by atomic mass is 32.2. The first-order valence-corrected chi connectivity index (χ1v) is 5.94. The van der Waals surface area contributed by atoms with Crippen molar-refractivity contribution in [2.24, 2.45) is 7.05 Å². The molecular formula is C9H7N3O4S. The Labute approximate surface area is 95.9 Å². The lowest BCUT2D eigenvalue weighted by Crippen LogP contribution is -2.18. The fourth-order valence-electron chi connectivity index (χ4n) is 1.39. The number of hydrogen-bond donors (Lipinski definition) is 1. The molecule has 0 spiro atoms. The molecule has 1 aromatic carbocycles. The summed E-state index contributed by atoms with van der Waals surface area (Å²) in [5.41, 5.74) is 0.629. The molecule has 1 N–H and O–H groups in total. The standard InChI is InChI=1S/C9H7N3O4S/c1-12-7-4-6(17(14,15)11-5-10)2-3-8(7)16-9(12)13/h2-4,11H,1H3. The van der Waals surface area contributed by atoms with E-state index in [-0.39, 0.29) is 10.5 Å². The Kier molecular flexibility index (Phi) is 2.40. The summed E-state index contributed by atoms with van der Waals surface area (Å²) < 4.78 is 30.8. The van der Waals surface area contributed by atoms with E-state index in [4.69, 9.17) is 9.68 Å². The van der Waals surface area contributed by atoms with Gasteiger partial charge in [0.1, 0.15) is 0 Å². The molecule has 0 aliphatic rings. The molecule has 0 radical (unpaired) electrons. The van der Waals surface area contributed by atoms with Crippen LogP contribution in [-0.4, -0.2) is 13.0 Å². The minimum Gasteiger partial charge on any atom is -0.408 e. The van der Waals surface area contributed by atoms with Crippen LogP contribution in [0.25, 0.3) is 11.1 Å². The molecule has 1 heterocycles. The number of aromatic nitrogens is 1. The summed E-state index contributed by atoms with van der Waals surface area (Å²) in [5, 5.41) is 8.32. The molecule has 0 aliphatic heterocycles. The Balaban J connectivity index is 2.72. The van der Waals surface area contributed by atoms with Gasteiger partial charge in [-0.1, -0.05) is 0 Å². The predicted molar refractivity (Wildman–Crippen MR) is 57.4 cm³/mol. The number of nitriles is 1. The fourth-order valence-corrected chi connectivity index (χ4v) is 2.14. The van der Waals surface area contributed by atoms with Gasteiger partial charge in [0.15, 0.2) is 11.8 Å². The maximum Gasteiger partial charge on any atom is 0.419 e. The molecule has 0 bridgehead atoms. The van der Waals surface area contributed by atoms with Gasteiger partial charge < -0.3 is 4.42 Å². The third-order valence-electron chi connectivity index (χ3n) is 2.25. The van der Waals surface area contributed by atoms with Gasteiger partial charge in [-0.25, -0.2) is 17.9 Å². The Morgan fingerprint density at radius 1 is 1.47 bits per heavy atom. The highest BCUT2D eigenvalue weighted by Crippen LogP contribution is 2.17. The van der Waals surface area contributed by atoms with Crippen LogP contribution in [0.15, 0.2) is 32.3 Å². The molecule has 0 amide bonds. The van der Waals surface area contributed by atoms with Gasteiger partial charge in [0, 0.05) is 7.05 Å². The van der Waals surface area contributed by atoms with Crippen LogP contribution in [-0.2, 0) is 17.1 Å². The van der Waals surface area contributed by atoms with E-state index in [2.05, 4.69) is 0 Å². The van der Waals surface area contributed by atoms with Gasteiger partial charge >= 0.3 is 5.76 Å². The number of sulfonamides is 1. The van der Waals surface area contributed by atoms with Gasteiger partial charge in [0.05, 0.1) is 10.4 Å². The first-order valence-electron chi connectivity index (χ1n) is 4.46. The van der Waals surface area contributed by atoms with Crippen molar-refractivity contribution in [3.8, 4) is 6.19 Å². The first-order chi connectivity index (χ1) is 7.95. The summed E-state index contributed by atoms with van der Waals surface area (Å²) in [6.07, 6.45) is 1.34. The molecule has 0 aliphatic carbocycles. The molecule has 2 rings (SSSR count). The van der Waals surface area contributed by atoms with Crippen LogP contribution in [0.4, 0.5) is 0 Å². The number of benzene rings is 1. The minimum absolute atomic E-state index is 0.108. The second kappa shape index (κ2) is 3.64. The largest absolute Gasteiger partial charge is 0.419 e. The zero-order valence-electron chi connectivity index (χ0n) is 8.67. The van der Waals surface area contributed by atoms with Crippen LogP contribution < -0.4 is 10.5 Å². The minimum atomic E-state index is -3.88. The molecule has 88 valence electrons. The van der Waals surface area contributed by atoms with Gasteiger partial charge in [-0.15, -0.1) is 0 Å². The molecule has 2 aromatic rings. The molecular weight excluding hydrogens is 246 g/mol. The van der Waals surface area contributed by atoms with Gasteiger partial charge in [0.25, 0.3) is 10.0 Å². The van der Waals surface area contributed by atoms with Crippen molar-refractivity contribution in [2.75, 3.05) is 0 Å². The summed E-state index contributed by atoms with van der Waals surface area (Å²) in [6, 6.07) is 3.88. The van der Waals surface area contributed by atoms with E-state index in [1.807, 2.05) is 0 Å². The molecule has 17 heavy (non-hydrogen) atoms. The molecule has 0 saturated carbocycles. The van der Waals surface area contributed by atoms with Crippen LogP contribution in [0.5, 0.6) is 0 Å². The maximum atomic E-state index is 11.5. The number of hydrogen-bond acceptors (Lipinski definition) is 5. The van der Waals surface area contributed by atoms with E-state index in [1.54, 1.807) is 4.72 Å². The Morgan fingerprint density at radius 3 is 2.82 bits per heavy atom. The van der Waals surface area contributed by atoms with E-state index in [9.17, 15) is 13.2 Å². The highest BCUT2D eigenvalue weighted by molar-refractivity contribution is 7.89. The number of oxazole rings is 1. The average Bonchev–Trinajstić information content (AvgIpc) is 2.54. The molecule has 8 heteroatoms. The number of aryl methyl sites for hydroxylation is 1. The number of nitrogens with zero attached hydrogens (tertiary/aromatic N) is 2. The normalized spacial score (nSPS) is 11.3. The molecule has 0 fully saturated rings. The second-order valence-corrected chi connectivity index (χ2v) is 4.96. The lowest BCUT2D eigenvalue weighted by atomic mass is 10.3. The molecule has 7 nitrogen and oxygen atoms in total. The highest BCUT2D eigenvalue weighted by Gasteiger charge is 2.15. The maximum absolute atomic E-state index is 11.5. The molecule has 0 unspecified atom stereocenters. The van der Waals surface area contributed by atoms with E-state index in [1.165, 1.54) is 36.0 Å². The first kappa shape index (κ1) is 11.2. The quantitative estimate of drug-likeness (QED) is 0.594. The number of nitrogens with one attached hydrogen (secondary N) is 1. The van der Waals surface area contributed by atoms with Crippen LogP contribution >= 0.6 is 0 Å². The summed E-state index contributed by atoms with van der Waals surface area (Å²) in [6.45, 7) is 0. The molecule has 0 atom stereocenters. The van der Waals surface area contributed by atoms with Crippen LogP contribution in [0.1, 0.15) is 0 Å². The Hall–Kier alpha value is -2.27. The van der Waals surface area contributed by atoms with E-state index in [0.29, 0.717) is 5.52 Å². The molecule has 0 saturated heterocycles. The van der Waals surface area contributed by atoms with E-state index < -0.39 is 15.8 Å². The number of fused-ring (bicyclic) bond motifs is 1. The van der Waals surface area contributed by atoms with E-state index >= 15 is 0 Å². The van der Waals surface area contributed by atoms with Crippen LogP contribution in [0.3, 0.4) is 0 Å². The monoisotopic (exact) mass is 253 g/mol. The van der Waals surface area contributed by atoms with Crippen LogP contribution in [0.2, 0.25) is 0 Å². The van der Waals surface area contributed by atoms with Crippen molar-refractivity contribution in [1.29, 1.82) is 5.26 Å². The van der Waals surface area contributed by atoms with Crippen molar-refractivity contribution in [1.82, 2.24) is 9.29 Å². The van der Waals surface area contributed by atoms with Crippen molar-refractivity contribution in [2.45, 2.75) is 4.90 Å². The van der Waals surface area contributed by atoms with Gasteiger partial charge in [0.2, 0.25) is 0 Å². The Bertz CT molecular complexity index is 779. The van der Waals surface area contributed by atoms with Gasteiger partial charge in [-0.2, -0.15) is 5.26 Å². The van der Waals surface area contributed by atoms with Crippen molar-refractivity contribution < 1.29 is 12.8 Å². The Morgan fingerprint density at radius 2 is 2.18 bits per heavy atom. The molecule has 1 aromatic heterocycles. The summed E-state index contributed by atoms with van der Waals surface area (Å²) in [4.78, 5) is 11.1. The summed E-state index contributed by atoms with van der Waals surface area (Å²) in [7, 11) is -2.42. The van der Waals surface area contributed by atoms with E-state index in [0.717, 1.165) is 0 Å². The lowest BCUT2D eigenvalue weighted by Gasteiger charge is -2.00. The summed E-state index contributed by atoms with van der Waals surface area (Å²) >= 11 is 0. The van der Waals surface area contributed by atoms with Crippen molar-refractivity contribution in [3.63, 3.8) is 0 Å². The van der Waals surface area contributed by atoms with Crippen molar-refractivity contribution >= 4 is 21.1 Å². The van der Waals surface area contributed by atoms with Gasteiger partial charge in [-0.3, -0.25) is 4.57 Å². The van der Waals surface area contributed by atoms with Crippen molar-refractivity contribution in [3.05, 3.63) is 28.7 Å². The third kappa shape index (κ3) is 1.76. The van der Waals surface area contributed by atoms with Crippen LogP contribution in [0, 0.1) is 11.5 Å². The fraction of sp³-hybridized carbons (Fsp3) is 0.111. The summed E-state index contributed by atoms with van der Waals surface area (Å²) in [5.74, 6) is -0.581. The average molecular weight is 253 g/mol. The zero-order chi connectivity index (χ0) is 12.6. The topological polar surface area (TPSA) is 105 Å². The zero-order valence-corrected chi connectivity index (χ0v) is 9.48. The lowest BCUT2D eigenvalue weighted by molar-refractivity contribution is 0.528. The second-order valence-electron chi connectivity index (χ2n) is 3.27. The predicted octanol–water partition coefficient (Wildman–Crippen LogP) is -0.109. The SMILES string of the molecule is Cn1c(=O)oc2ccc(S(=O)(=O)NC#N)cc21. The number of rotatable bonds is 2. The third-order valence-corrected chi connectivity index (χ3v) is 3.49.